The molecule has 16 heavy (non-hydrogen) atoms. The Morgan fingerprint density at radius 1 is 1.38 bits per heavy atom. The number of thioether (sulfide) groups is 1. The summed E-state index contributed by atoms with van der Waals surface area (Å²) in [5.74, 6) is 1.35. The highest BCUT2D eigenvalue weighted by molar-refractivity contribution is 8.00. The summed E-state index contributed by atoms with van der Waals surface area (Å²) >= 11 is 2.13. The second kappa shape index (κ2) is 6.24. The Labute approximate surface area is 103 Å². The predicted octanol–water partition coefficient (Wildman–Crippen LogP) is 1.19. The number of rotatable bonds is 5. The molecule has 2 aliphatic heterocycles. The molecule has 2 aliphatic rings. The average Bonchev–Trinajstić information content (AvgIpc) is 2.74. The first-order chi connectivity index (χ1) is 7.79. The molecule has 2 saturated heterocycles. The van der Waals surface area contributed by atoms with Crippen LogP contribution in [-0.4, -0.2) is 61.3 Å². The molecule has 0 aromatic rings. The Kier molecular flexibility index (Phi) is 4.95. The minimum atomic E-state index is 0.505. The van der Waals surface area contributed by atoms with Gasteiger partial charge in [0.25, 0.3) is 0 Å². The van der Waals surface area contributed by atoms with Crippen molar-refractivity contribution in [2.75, 3.05) is 51.7 Å². The fourth-order valence-electron chi connectivity index (χ4n) is 2.39. The highest BCUT2D eigenvalue weighted by Crippen LogP contribution is 2.36. The molecule has 0 radical (unpaired) electrons. The molecule has 0 bridgehead atoms. The second-order valence-corrected chi connectivity index (χ2v) is 6.72. The molecule has 4 heteroatoms. The first-order valence-electron chi connectivity index (χ1n) is 6.43. The van der Waals surface area contributed by atoms with Gasteiger partial charge in [0.1, 0.15) is 0 Å². The van der Waals surface area contributed by atoms with Gasteiger partial charge in [0.15, 0.2) is 0 Å². The van der Waals surface area contributed by atoms with Gasteiger partial charge in [-0.2, -0.15) is 11.8 Å². The number of hydrogen-bond acceptors (Lipinski definition) is 4. The lowest BCUT2D eigenvalue weighted by molar-refractivity contribution is 0.0384. The van der Waals surface area contributed by atoms with Crippen LogP contribution in [0.1, 0.15) is 19.8 Å². The van der Waals surface area contributed by atoms with Crippen molar-refractivity contribution >= 4 is 11.8 Å². The minimum absolute atomic E-state index is 0.505. The zero-order valence-electron chi connectivity index (χ0n) is 10.3. The SMILES string of the molecule is CC1(CNCCN2CCOCC2)CCCS1. The maximum Gasteiger partial charge on any atom is 0.0594 e. The smallest absolute Gasteiger partial charge is 0.0594 e. The van der Waals surface area contributed by atoms with Crippen LogP contribution in [0, 0.1) is 0 Å². The van der Waals surface area contributed by atoms with Gasteiger partial charge in [0.05, 0.1) is 13.2 Å². The van der Waals surface area contributed by atoms with Crippen LogP contribution >= 0.6 is 11.8 Å². The summed E-state index contributed by atoms with van der Waals surface area (Å²) in [6.45, 7) is 9.89. The average molecular weight is 244 g/mol. The van der Waals surface area contributed by atoms with Gasteiger partial charge in [-0.05, 0) is 25.5 Å². The molecule has 1 N–H and O–H groups in total. The largest absolute Gasteiger partial charge is 0.379 e. The van der Waals surface area contributed by atoms with E-state index in [4.69, 9.17) is 4.74 Å². The van der Waals surface area contributed by atoms with Crippen molar-refractivity contribution in [2.45, 2.75) is 24.5 Å². The third-order valence-electron chi connectivity index (χ3n) is 3.51. The lowest BCUT2D eigenvalue weighted by Gasteiger charge is -2.28. The Morgan fingerprint density at radius 3 is 2.88 bits per heavy atom. The maximum absolute atomic E-state index is 5.34. The molecule has 94 valence electrons. The van der Waals surface area contributed by atoms with Crippen molar-refractivity contribution < 1.29 is 4.74 Å². The fraction of sp³-hybridized carbons (Fsp3) is 1.00. The predicted molar refractivity (Wildman–Crippen MR) is 70.2 cm³/mol. The standard InChI is InChI=1S/C12H24N2OS/c1-12(3-2-10-16-12)11-13-4-5-14-6-8-15-9-7-14/h13H,2-11H2,1H3. The van der Waals surface area contributed by atoms with E-state index in [1.54, 1.807) is 0 Å². The van der Waals surface area contributed by atoms with Gasteiger partial charge in [-0.25, -0.2) is 0 Å². The van der Waals surface area contributed by atoms with Crippen molar-refractivity contribution in [3.8, 4) is 0 Å². The first-order valence-corrected chi connectivity index (χ1v) is 7.42. The zero-order chi connectivity index (χ0) is 11.3. The van der Waals surface area contributed by atoms with E-state index in [9.17, 15) is 0 Å². The van der Waals surface area contributed by atoms with Gasteiger partial charge in [-0.15, -0.1) is 0 Å². The van der Waals surface area contributed by atoms with Crippen LogP contribution in [0.2, 0.25) is 0 Å². The van der Waals surface area contributed by atoms with Crippen molar-refractivity contribution in [3.63, 3.8) is 0 Å². The van der Waals surface area contributed by atoms with Crippen LogP contribution in [0.3, 0.4) is 0 Å². The summed E-state index contributed by atoms with van der Waals surface area (Å²) < 4.78 is 5.84. The summed E-state index contributed by atoms with van der Waals surface area (Å²) in [6.07, 6.45) is 2.77. The quantitative estimate of drug-likeness (QED) is 0.734. The molecule has 2 rings (SSSR count). The lowest BCUT2D eigenvalue weighted by Crippen LogP contribution is -2.42. The summed E-state index contributed by atoms with van der Waals surface area (Å²) in [5.41, 5.74) is 0. The van der Waals surface area contributed by atoms with Crippen LogP contribution in [-0.2, 0) is 4.74 Å². The Bertz CT molecular complexity index is 201. The molecule has 0 spiro atoms. The van der Waals surface area contributed by atoms with E-state index in [-0.39, 0.29) is 0 Å². The second-order valence-electron chi connectivity index (χ2n) is 5.03. The molecule has 2 fully saturated rings. The van der Waals surface area contributed by atoms with Gasteiger partial charge in [0, 0.05) is 37.5 Å². The molecule has 1 atom stereocenters. The van der Waals surface area contributed by atoms with E-state index in [0.717, 1.165) is 32.8 Å². The van der Waals surface area contributed by atoms with Gasteiger partial charge in [0.2, 0.25) is 0 Å². The fourth-order valence-corrected chi connectivity index (χ4v) is 3.67. The minimum Gasteiger partial charge on any atom is -0.379 e. The molecule has 0 saturated carbocycles. The normalized spacial score (nSPS) is 32.1. The third-order valence-corrected chi connectivity index (χ3v) is 5.05. The Morgan fingerprint density at radius 2 is 2.19 bits per heavy atom. The molecule has 0 aliphatic carbocycles. The summed E-state index contributed by atoms with van der Waals surface area (Å²) in [7, 11) is 0. The molecule has 2 heterocycles. The van der Waals surface area contributed by atoms with E-state index in [1.807, 2.05) is 0 Å². The molecular weight excluding hydrogens is 220 g/mol. The van der Waals surface area contributed by atoms with E-state index in [2.05, 4.69) is 28.9 Å². The van der Waals surface area contributed by atoms with E-state index in [0.29, 0.717) is 4.75 Å². The van der Waals surface area contributed by atoms with Gasteiger partial charge in [-0.3, -0.25) is 4.90 Å². The van der Waals surface area contributed by atoms with Gasteiger partial charge >= 0.3 is 0 Å². The van der Waals surface area contributed by atoms with Crippen LogP contribution < -0.4 is 5.32 Å². The highest BCUT2D eigenvalue weighted by atomic mass is 32.2. The summed E-state index contributed by atoms with van der Waals surface area (Å²) in [6, 6.07) is 0. The molecule has 0 aromatic heterocycles. The maximum atomic E-state index is 5.34. The number of hydrogen-bond donors (Lipinski definition) is 1. The monoisotopic (exact) mass is 244 g/mol. The van der Waals surface area contributed by atoms with Crippen LogP contribution in [0.5, 0.6) is 0 Å². The number of nitrogens with zero attached hydrogens (tertiary/aromatic N) is 1. The van der Waals surface area contributed by atoms with Gasteiger partial charge in [-0.1, -0.05) is 0 Å². The van der Waals surface area contributed by atoms with Crippen molar-refractivity contribution in [3.05, 3.63) is 0 Å². The molecule has 3 nitrogen and oxygen atoms in total. The molecule has 1 unspecified atom stereocenters. The number of ether oxygens (including phenoxy) is 1. The molecule has 0 aromatic carbocycles. The highest BCUT2D eigenvalue weighted by Gasteiger charge is 2.28. The van der Waals surface area contributed by atoms with E-state index < -0.39 is 0 Å². The lowest BCUT2D eigenvalue weighted by atomic mass is 10.1. The van der Waals surface area contributed by atoms with Crippen LogP contribution in [0.25, 0.3) is 0 Å². The van der Waals surface area contributed by atoms with Crippen molar-refractivity contribution in [2.24, 2.45) is 0 Å². The summed E-state index contributed by atoms with van der Waals surface area (Å²) in [4.78, 5) is 2.49. The zero-order valence-corrected chi connectivity index (χ0v) is 11.2. The third kappa shape index (κ3) is 3.91. The molecular formula is C12H24N2OS. The Balaban J connectivity index is 1.54. The van der Waals surface area contributed by atoms with E-state index in [1.165, 1.54) is 31.7 Å². The van der Waals surface area contributed by atoms with Crippen LogP contribution in [0.4, 0.5) is 0 Å². The van der Waals surface area contributed by atoms with Crippen molar-refractivity contribution in [1.82, 2.24) is 10.2 Å². The number of nitrogens with one attached hydrogen (secondary N) is 1. The first kappa shape index (κ1) is 12.7. The van der Waals surface area contributed by atoms with Gasteiger partial charge < -0.3 is 10.1 Å². The van der Waals surface area contributed by atoms with Crippen LogP contribution in [0.15, 0.2) is 0 Å². The van der Waals surface area contributed by atoms with E-state index >= 15 is 0 Å². The topological polar surface area (TPSA) is 24.5 Å². The molecule has 0 amide bonds. The number of morpholine rings is 1. The van der Waals surface area contributed by atoms with Crippen molar-refractivity contribution in [1.29, 1.82) is 0 Å². The summed E-state index contributed by atoms with van der Waals surface area (Å²) in [5, 5.41) is 3.61. The Hall–Kier alpha value is 0.230.